The van der Waals surface area contributed by atoms with Crippen molar-refractivity contribution in [3.8, 4) is 5.75 Å². The van der Waals surface area contributed by atoms with Crippen LogP contribution in [0.25, 0.3) is 5.57 Å². The van der Waals surface area contributed by atoms with E-state index < -0.39 is 0 Å². The number of benzene rings is 5. The average Bonchev–Trinajstić information content (AvgIpc) is 3.60. The highest BCUT2D eigenvalue weighted by Crippen LogP contribution is 2.50. The van der Waals surface area contributed by atoms with Crippen molar-refractivity contribution in [2.24, 2.45) is 4.99 Å². The first-order chi connectivity index (χ1) is 23.3. The molecule has 1 aliphatic carbocycles. The van der Waals surface area contributed by atoms with E-state index in [9.17, 15) is 0 Å². The van der Waals surface area contributed by atoms with Gasteiger partial charge in [-0.2, -0.15) is 0 Å². The predicted octanol–water partition coefficient (Wildman–Crippen LogP) is 7.93. The fourth-order valence-electron chi connectivity index (χ4n) is 7.23. The molecule has 0 saturated carbocycles. The van der Waals surface area contributed by atoms with Gasteiger partial charge < -0.3 is 15.4 Å². The fraction of sp³-hybridized carbons (Fsp3) is 0.146. The third-order valence-corrected chi connectivity index (χ3v) is 9.58. The molecule has 0 saturated heterocycles. The summed E-state index contributed by atoms with van der Waals surface area (Å²) in [5.74, 6) is 1.75. The minimum atomic E-state index is -0.286. The maximum absolute atomic E-state index is 6.58. The second-order valence-electron chi connectivity index (χ2n) is 12.5. The summed E-state index contributed by atoms with van der Waals surface area (Å²) in [5.41, 5.74) is 10.6. The van der Waals surface area contributed by atoms with E-state index in [1.54, 1.807) is 0 Å². The van der Waals surface area contributed by atoms with E-state index in [-0.39, 0.29) is 30.6 Å². The molecule has 9 rings (SSSR count). The third-order valence-electron chi connectivity index (χ3n) is 9.58. The first-order valence-electron chi connectivity index (χ1n) is 16.4. The Bertz CT molecular complexity index is 2000. The maximum Gasteiger partial charge on any atom is 0.196 e. The lowest BCUT2D eigenvalue weighted by atomic mass is 9.80. The third kappa shape index (κ3) is 5.12. The monoisotopic (exact) mass is 613 g/mol. The molecule has 0 spiro atoms. The average molecular weight is 614 g/mol. The van der Waals surface area contributed by atoms with Crippen molar-refractivity contribution in [2.75, 3.05) is 5.32 Å². The van der Waals surface area contributed by atoms with Gasteiger partial charge in [-0.1, -0.05) is 140 Å². The van der Waals surface area contributed by atoms with Gasteiger partial charge in [0.25, 0.3) is 0 Å². The fourth-order valence-corrected chi connectivity index (χ4v) is 7.23. The zero-order valence-corrected chi connectivity index (χ0v) is 25.8. The molecule has 0 amide bonds. The van der Waals surface area contributed by atoms with E-state index in [0.717, 1.165) is 45.9 Å². The Hall–Kier alpha value is -5.43. The predicted molar refractivity (Wildman–Crippen MR) is 188 cm³/mol. The standard InChI is InChI=1S/C41H35N5O/c1-4-12-26(13-5-1)36-32-24-25-34-37(35(32)31-18-10-11-19-33(31)42-36)43-41(47-34)30-22-20-29(21-23-30)40-45-38(27-14-6-2-7-15-27)44-39(46-40)28-16-8-3-9-17-28/h1-18,20-25,33,36,38-39,41-44H,19H2,(H,45,46). The summed E-state index contributed by atoms with van der Waals surface area (Å²) in [7, 11) is 0. The molecule has 5 aromatic carbocycles. The number of anilines is 1. The molecule has 0 fully saturated rings. The molecule has 47 heavy (non-hydrogen) atoms. The van der Waals surface area contributed by atoms with Gasteiger partial charge in [-0.25, -0.2) is 4.99 Å². The van der Waals surface area contributed by atoms with Crippen molar-refractivity contribution in [3.05, 3.63) is 185 Å². The molecule has 3 aliphatic heterocycles. The minimum Gasteiger partial charge on any atom is -0.464 e. The summed E-state index contributed by atoms with van der Waals surface area (Å²) in [6, 6.07) is 44.9. The van der Waals surface area contributed by atoms with Crippen molar-refractivity contribution in [3.63, 3.8) is 0 Å². The molecule has 0 aromatic heterocycles. The normalized spacial score (nSPS) is 24.0. The van der Waals surface area contributed by atoms with Crippen molar-refractivity contribution in [1.29, 1.82) is 0 Å². The number of hydrogen-bond donors (Lipinski definition) is 4. The van der Waals surface area contributed by atoms with Crippen LogP contribution in [0.5, 0.6) is 5.75 Å². The molecule has 230 valence electrons. The lowest BCUT2D eigenvalue weighted by Gasteiger charge is -2.37. The van der Waals surface area contributed by atoms with Gasteiger partial charge in [-0.3, -0.25) is 10.6 Å². The summed E-state index contributed by atoms with van der Waals surface area (Å²) in [5, 5.41) is 15.0. The molecule has 3 heterocycles. The van der Waals surface area contributed by atoms with Crippen LogP contribution in [0.4, 0.5) is 5.69 Å². The molecule has 4 aliphatic rings. The van der Waals surface area contributed by atoms with Crippen LogP contribution in [0.2, 0.25) is 0 Å². The van der Waals surface area contributed by atoms with Crippen LogP contribution < -0.4 is 26.0 Å². The summed E-state index contributed by atoms with van der Waals surface area (Å²) in [4.78, 5) is 5.11. The van der Waals surface area contributed by atoms with Crippen LogP contribution in [0.15, 0.2) is 151 Å². The Labute approximate surface area is 274 Å². The number of allylic oxidation sites excluding steroid dienone is 2. The van der Waals surface area contributed by atoms with Gasteiger partial charge in [0.2, 0.25) is 0 Å². The number of amidine groups is 1. The number of rotatable bonds is 5. The second-order valence-corrected chi connectivity index (χ2v) is 12.5. The van der Waals surface area contributed by atoms with Gasteiger partial charge in [0.1, 0.15) is 23.9 Å². The SMILES string of the molecule is C1=CCC2NC(c3ccccc3)c3ccc4c(c3C2=C1)NC(c1ccc(C2=NC(c3ccccc3)NC(c3ccccc3)N2)cc1)O4. The van der Waals surface area contributed by atoms with Crippen LogP contribution in [0.1, 0.15) is 70.0 Å². The molecule has 5 atom stereocenters. The van der Waals surface area contributed by atoms with Crippen molar-refractivity contribution in [1.82, 2.24) is 16.0 Å². The van der Waals surface area contributed by atoms with Crippen LogP contribution >= 0.6 is 0 Å². The first-order valence-corrected chi connectivity index (χ1v) is 16.4. The zero-order chi connectivity index (χ0) is 31.2. The smallest absolute Gasteiger partial charge is 0.196 e. The molecular weight excluding hydrogens is 578 g/mol. The highest BCUT2D eigenvalue weighted by Gasteiger charge is 2.37. The highest BCUT2D eigenvalue weighted by molar-refractivity contribution is 5.99. The zero-order valence-electron chi connectivity index (χ0n) is 25.8. The van der Waals surface area contributed by atoms with Crippen LogP contribution in [0, 0.1) is 0 Å². The molecule has 0 radical (unpaired) electrons. The summed E-state index contributed by atoms with van der Waals surface area (Å²) in [6.07, 6.45) is 7.11. The molecular formula is C41H35N5O. The number of nitrogens with one attached hydrogen (secondary N) is 4. The lowest BCUT2D eigenvalue weighted by Crippen LogP contribution is -2.44. The van der Waals surface area contributed by atoms with E-state index in [0.29, 0.717) is 0 Å². The molecule has 5 aromatic rings. The molecule has 0 bridgehead atoms. The number of ether oxygens (including phenoxy) is 1. The Balaban J connectivity index is 1.02. The molecule has 6 heteroatoms. The quantitative estimate of drug-likeness (QED) is 0.162. The number of hydrogen-bond acceptors (Lipinski definition) is 6. The Morgan fingerprint density at radius 3 is 2.09 bits per heavy atom. The molecule has 6 nitrogen and oxygen atoms in total. The van der Waals surface area contributed by atoms with Gasteiger partial charge in [0.15, 0.2) is 6.23 Å². The van der Waals surface area contributed by atoms with Gasteiger partial charge in [-0.15, -0.1) is 0 Å². The van der Waals surface area contributed by atoms with E-state index in [4.69, 9.17) is 9.73 Å². The molecule has 5 unspecified atom stereocenters. The number of aliphatic imine (C=N–C) groups is 1. The van der Waals surface area contributed by atoms with Crippen LogP contribution in [0.3, 0.4) is 0 Å². The van der Waals surface area contributed by atoms with E-state index in [2.05, 4.69) is 155 Å². The Kier molecular flexibility index (Phi) is 6.95. The number of fused-ring (bicyclic) bond motifs is 5. The summed E-state index contributed by atoms with van der Waals surface area (Å²) < 4.78 is 6.58. The summed E-state index contributed by atoms with van der Waals surface area (Å²) in [6.45, 7) is 0. The van der Waals surface area contributed by atoms with Crippen molar-refractivity contribution < 1.29 is 4.74 Å². The maximum atomic E-state index is 6.58. The van der Waals surface area contributed by atoms with Crippen molar-refractivity contribution in [2.45, 2.75) is 37.1 Å². The number of nitrogens with zero attached hydrogens (tertiary/aromatic N) is 1. The van der Waals surface area contributed by atoms with E-state index in [1.165, 1.54) is 22.3 Å². The van der Waals surface area contributed by atoms with Gasteiger partial charge in [0.05, 0.1) is 11.7 Å². The van der Waals surface area contributed by atoms with Crippen molar-refractivity contribution >= 4 is 17.1 Å². The van der Waals surface area contributed by atoms with Gasteiger partial charge in [0, 0.05) is 22.7 Å². The van der Waals surface area contributed by atoms with Gasteiger partial charge >= 0.3 is 0 Å². The highest BCUT2D eigenvalue weighted by atomic mass is 16.5. The Morgan fingerprint density at radius 2 is 1.34 bits per heavy atom. The Morgan fingerprint density at radius 1 is 0.638 bits per heavy atom. The summed E-state index contributed by atoms with van der Waals surface area (Å²) >= 11 is 0. The molecule has 4 N–H and O–H groups in total. The first kappa shape index (κ1) is 27.8. The second kappa shape index (κ2) is 11.7. The largest absolute Gasteiger partial charge is 0.464 e. The van der Waals surface area contributed by atoms with E-state index >= 15 is 0 Å². The topological polar surface area (TPSA) is 69.7 Å². The lowest BCUT2D eigenvalue weighted by molar-refractivity contribution is 0.260. The van der Waals surface area contributed by atoms with E-state index in [1.807, 2.05) is 12.1 Å². The van der Waals surface area contributed by atoms with Crippen LogP contribution in [-0.2, 0) is 0 Å². The van der Waals surface area contributed by atoms with Crippen LogP contribution in [-0.4, -0.2) is 11.9 Å². The van der Waals surface area contributed by atoms with Gasteiger partial charge in [-0.05, 0) is 40.3 Å². The minimum absolute atomic E-state index is 0.0731.